The quantitative estimate of drug-likeness (QED) is 0.370. The van der Waals surface area contributed by atoms with Gasteiger partial charge in [-0.05, 0) is 63.2 Å². The van der Waals surface area contributed by atoms with Gasteiger partial charge in [0.25, 0.3) is 10.0 Å². The fourth-order valence-electron chi connectivity index (χ4n) is 4.88. The summed E-state index contributed by atoms with van der Waals surface area (Å²) < 4.78 is 63.1. The summed E-state index contributed by atoms with van der Waals surface area (Å²) in [6.07, 6.45) is -0.769. The fraction of sp³-hybridized carbons (Fsp3) is 0.387. The molecular weight excluding hydrogens is 590 g/mol. The van der Waals surface area contributed by atoms with Crippen molar-refractivity contribution in [2.75, 3.05) is 31.5 Å². The van der Waals surface area contributed by atoms with E-state index < -0.39 is 32.2 Å². The number of ether oxygens (including phenoxy) is 1. The third-order valence-corrected chi connectivity index (χ3v) is 10.9. The molecule has 0 fully saturated rings. The first-order valence-corrected chi connectivity index (χ1v) is 17.0. The molecule has 1 heterocycles. The number of rotatable bonds is 9. The summed E-state index contributed by atoms with van der Waals surface area (Å²) in [5.74, 6) is -0.236. The number of likely N-dealkylation sites (N-methyl/N-ethyl adjacent to an activating group) is 1. The van der Waals surface area contributed by atoms with Crippen molar-refractivity contribution in [1.29, 1.82) is 0 Å². The molecule has 0 bridgehead atoms. The van der Waals surface area contributed by atoms with Gasteiger partial charge in [0.05, 0.1) is 35.4 Å². The molecule has 10 nitrogen and oxygen atoms in total. The number of aryl methyl sites for hydroxylation is 2. The highest BCUT2D eigenvalue weighted by Crippen LogP contribution is 2.30. The largest absolute Gasteiger partial charge is 0.488 e. The highest BCUT2D eigenvalue weighted by Gasteiger charge is 2.33. The van der Waals surface area contributed by atoms with Gasteiger partial charge in [0, 0.05) is 30.8 Å². The summed E-state index contributed by atoms with van der Waals surface area (Å²) >= 11 is 0. The molecule has 12 heteroatoms. The zero-order chi connectivity index (χ0) is 31.5. The minimum Gasteiger partial charge on any atom is -0.488 e. The van der Waals surface area contributed by atoms with Crippen LogP contribution in [-0.4, -0.2) is 75.9 Å². The Morgan fingerprint density at radius 2 is 1.56 bits per heavy atom. The van der Waals surface area contributed by atoms with Crippen LogP contribution in [0.1, 0.15) is 30.5 Å². The molecule has 3 aromatic rings. The Morgan fingerprint density at radius 1 is 0.977 bits per heavy atom. The molecule has 0 saturated heterocycles. The lowest BCUT2D eigenvalue weighted by Crippen LogP contribution is -2.48. The zero-order valence-electron chi connectivity index (χ0n) is 25.0. The number of aliphatic hydroxyl groups excluding tert-OH is 1. The van der Waals surface area contributed by atoms with Crippen LogP contribution in [0.3, 0.4) is 0 Å². The van der Waals surface area contributed by atoms with Crippen molar-refractivity contribution < 1.29 is 31.5 Å². The maximum atomic E-state index is 13.5. The van der Waals surface area contributed by atoms with Gasteiger partial charge in [0.1, 0.15) is 11.9 Å². The molecule has 43 heavy (non-hydrogen) atoms. The van der Waals surface area contributed by atoms with Crippen molar-refractivity contribution in [1.82, 2.24) is 9.21 Å². The molecular formula is C31H39N3O7S2. The first kappa shape index (κ1) is 32.5. The van der Waals surface area contributed by atoms with Crippen LogP contribution in [0.25, 0.3) is 0 Å². The summed E-state index contributed by atoms with van der Waals surface area (Å²) in [5.41, 5.74) is 2.55. The van der Waals surface area contributed by atoms with E-state index in [9.17, 15) is 26.7 Å². The minimum absolute atomic E-state index is 0.00580. The molecule has 3 atom stereocenters. The second kappa shape index (κ2) is 13.0. The molecule has 0 aromatic heterocycles. The van der Waals surface area contributed by atoms with Crippen molar-refractivity contribution >= 4 is 31.6 Å². The van der Waals surface area contributed by atoms with Gasteiger partial charge in [0.15, 0.2) is 0 Å². The minimum atomic E-state index is -3.90. The van der Waals surface area contributed by atoms with Crippen LogP contribution in [0, 0.1) is 19.8 Å². The summed E-state index contributed by atoms with van der Waals surface area (Å²) in [6.45, 7) is 7.32. The summed E-state index contributed by atoms with van der Waals surface area (Å²) in [7, 11) is -6.24. The third kappa shape index (κ3) is 7.56. The molecule has 232 valence electrons. The molecule has 0 spiro atoms. The van der Waals surface area contributed by atoms with Gasteiger partial charge in [-0.3, -0.25) is 9.52 Å². The lowest BCUT2D eigenvalue weighted by atomic mass is 10.0. The van der Waals surface area contributed by atoms with E-state index in [1.165, 1.54) is 23.5 Å². The number of sulfonamides is 2. The number of hydrogen-bond acceptors (Lipinski definition) is 7. The number of fused-ring (bicyclic) bond motifs is 1. The van der Waals surface area contributed by atoms with Gasteiger partial charge in [-0.15, -0.1) is 0 Å². The van der Waals surface area contributed by atoms with E-state index in [4.69, 9.17) is 4.74 Å². The fourth-order valence-corrected chi connectivity index (χ4v) is 7.12. The standard InChI is InChI=1S/C31H39N3O7S2/c1-21-6-11-27(12-7-21)42(37,38)32-26-10-15-29-25(16-26)17-31(36)34(24(4)20-35)18-23(3)30(41-29)19-33(5)43(39,40)28-13-8-22(2)9-14-28/h6-16,23-24,30,32,35H,17-20H2,1-5H3/t23-,24-,30-/m1/s1. The average Bonchev–Trinajstić information content (AvgIpc) is 3.00. The Morgan fingerprint density at radius 3 is 2.14 bits per heavy atom. The van der Waals surface area contributed by atoms with E-state index in [1.54, 1.807) is 66.4 Å². The molecule has 3 aromatic carbocycles. The van der Waals surface area contributed by atoms with Gasteiger partial charge >= 0.3 is 0 Å². The Labute approximate surface area is 254 Å². The molecule has 0 unspecified atom stereocenters. The number of hydrogen-bond donors (Lipinski definition) is 2. The normalized spacial score (nSPS) is 18.7. The van der Waals surface area contributed by atoms with Crippen LogP contribution in [0.5, 0.6) is 5.75 Å². The Kier molecular flexibility index (Phi) is 9.85. The highest BCUT2D eigenvalue weighted by atomic mass is 32.2. The molecule has 0 radical (unpaired) electrons. The van der Waals surface area contributed by atoms with Crippen molar-refractivity contribution in [2.24, 2.45) is 5.92 Å². The van der Waals surface area contributed by atoms with Crippen LogP contribution in [0.2, 0.25) is 0 Å². The molecule has 0 saturated carbocycles. The third-order valence-electron chi connectivity index (χ3n) is 7.67. The summed E-state index contributed by atoms with van der Waals surface area (Å²) in [6, 6.07) is 17.3. The van der Waals surface area contributed by atoms with Gasteiger partial charge in [0.2, 0.25) is 15.9 Å². The second-order valence-corrected chi connectivity index (χ2v) is 15.0. The SMILES string of the molecule is Cc1ccc(S(=O)(=O)Nc2ccc3c(c2)CC(=O)N([C@H](C)CO)C[C@@H](C)[C@@H](CN(C)S(=O)(=O)c2ccc(C)cc2)O3)cc1. The maximum absolute atomic E-state index is 13.5. The van der Waals surface area contributed by atoms with Crippen molar-refractivity contribution in [3.8, 4) is 5.75 Å². The van der Waals surface area contributed by atoms with Crippen molar-refractivity contribution in [2.45, 2.75) is 56.1 Å². The molecule has 1 aliphatic heterocycles. The van der Waals surface area contributed by atoms with Crippen LogP contribution >= 0.6 is 0 Å². The average molecular weight is 630 g/mol. The van der Waals surface area contributed by atoms with Crippen LogP contribution in [-0.2, 0) is 31.3 Å². The van der Waals surface area contributed by atoms with E-state index in [1.807, 2.05) is 20.8 Å². The Bertz CT molecular complexity index is 1660. The van der Waals surface area contributed by atoms with Gasteiger partial charge in [-0.25, -0.2) is 16.8 Å². The zero-order valence-corrected chi connectivity index (χ0v) is 26.7. The maximum Gasteiger partial charge on any atom is 0.261 e. The predicted octanol–water partition coefficient (Wildman–Crippen LogP) is 3.57. The van der Waals surface area contributed by atoms with Crippen molar-refractivity contribution in [3.63, 3.8) is 0 Å². The van der Waals surface area contributed by atoms with Gasteiger partial charge < -0.3 is 14.7 Å². The van der Waals surface area contributed by atoms with Crippen LogP contribution in [0.15, 0.2) is 76.5 Å². The number of anilines is 1. The van der Waals surface area contributed by atoms with Gasteiger partial charge in [-0.2, -0.15) is 4.31 Å². The molecule has 2 N–H and O–H groups in total. The van der Waals surface area contributed by atoms with E-state index in [2.05, 4.69) is 4.72 Å². The summed E-state index contributed by atoms with van der Waals surface area (Å²) in [4.78, 5) is 15.3. The Balaban J connectivity index is 1.68. The molecule has 0 aliphatic carbocycles. The van der Waals surface area contributed by atoms with E-state index in [0.29, 0.717) is 11.3 Å². The number of benzene rings is 3. The predicted molar refractivity (Wildman–Crippen MR) is 165 cm³/mol. The number of aliphatic hydroxyl groups is 1. The lowest BCUT2D eigenvalue weighted by molar-refractivity contribution is -0.134. The number of carbonyl (C=O) groups is 1. The van der Waals surface area contributed by atoms with E-state index in [-0.39, 0.29) is 53.4 Å². The summed E-state index contributed by atoms with van der Waals surface area (Å²) in [5, 5.41) is 9.89. The number of nitrogens with zero attached hydrogens (tertiary/aromatic N) is 2. The molecule has 4 rings (SSSR count). The Hall–Kier alpha value is -3.45. The van der Waals surface area contributed by atoms with Crippen LogP contribution in [0.4, 0.5) is 5.69 Å². The lowest BCUT2D eigenvalue weighted by Gasteiger charge is -2.33. The first-order valence-electron chi connectivity index (χ1n) is 14.0. The molecule has 1 amide bonds. The van der Waals surface area contributed by atoms with Gasteiger partial charge in [-0.1, -0.05) is 42.3 Å². The number of carbonyl (C=O) groups excluding carboxylic acids is 1. The monoisotopic (exact) mass is 629 g/mol. The topological polar surface area (TPSA) is 133 Å². The van der Waals surface area contributed by atoms with E-state index >= 15 is 0 Å². The van der Waals surface area contributed by atoms with E-state index in [0.717, 1.165) is 11.1 Å². The van der Waals surface area contributed by atoms with Crippen LogP contribution < -0.4 is 9.46 Å². The first-order chi connectivity index (χ1) is 20.2. The highest BCUT2D eigenvalue weighted by molar-refractivity contribution is 7.92. The van der Waals surface area contributed by atoms with Crippen molar-refractivity contribution in [3.05, 3.63) is 83.4 Å². The molecule has 1 aliphatic rings. The number of nitrogens with one attached hydrogen (secondary N) is 1. The second-order valence-electron chi connectivity index (χ2n) is 11.2. The number of amides is 1. The smallest absolute Gasteiger partial charge is 0.261 e.